The van der Waals surface area contributed by atoms with Crippen molar-refractivity contribution in [2.24, 2.45) is 5.16 Å². The second kappa shape index (κ2) is 9.31. The van der Waals surface area contributed by atoms with E-state index >= 15 is 0 Å². The van der Waals surface area contributed by atoms with Gasteiger partial charge in [0, 0.05) is 10.6 Å². The summed E-state index contributed by atoms with van der Waals surface area (Å²) in [4.78, 5) is 5.10. The van der Waals surface area contributed by atoms with Gasteiger partial charge in [0.2, 0.25) is 5.79 Å². The van der Waals surface area contributed by atoms with Gasteiger partial charge in [0.25, 0.3) is 0 Å². The molecule has 2 aromatic carbocycles. The third-order valence-electron chi connectivity index (χ3n) is 6.27. The Morgan fingerprint density at radius 1 is 1.15 bits per heavy atom. The van der Waals surface area contributed by atoms with E-state index < -0.39 is 36.3 Å². The second-order valence-electron chi connectivity index (χ2n) is 8.44. The molecule has 2 bridgehead atoms. The van der Waals surface area contributed by atoms with E-state index in [9.17, 15) is 20.4 Å². The van der Waals surface area contributed by atoms with Crippen LogP contribution in [0.1, 0.15) is 36.1 Å². The van der Waals surface area contributed by atoms with E-state index in [0.29, 0.717) is 23.6 Å². The first-order valence-electron chi connectivity index (χ1n) is 10.8. The van der Waals surface area contributed by atoms with Crippen molar-refractivity contribution in [1.29, 1.82) is 0 Å². The molecule has 0 unspecified atom stereocenters. The summed E-state index contributed by atoms with van der Waals surface area (Å²) in [6, 6.07) is 12.9. The molecule has 0 aliphatic carbocycles. The lowest BCUT2D eigenvalue weighted by Gasteiger charge is -2.46. The van der Waals surface area contributed by atoms with Gasteiger partial charge in [-0.3, -0.25) is 0 Å². The number of aliphatic hydroxyl groups is 4. The molecule has 0 spiro atoms. The van der Waals surface area contributed by atoms with Gasteiger partial charge in [-0.2, -0.15) is 0 Å². The minimum atomic E-state index is -1.72. The van der Waals surface area contributed by atoms with Crippen LogP contribution in [-0.2, 0) is 26.5 Å². The predicted octanol–water partition coefficient (Wildman–Crippen LogP) is 1.72. The van der Waals surface area contributed by atoms with E-state index in [4.69, 9.17) is 25.9 Å². The van der Waals surface area contributed by atoms with Gasteiger partial charge in [-0.1, -0.05) is 47.1 Å². The van der Waals surface area contributed by atoms with Crippen LogP contribution in [0, 0.1) is 0 Å². The maximum atomic E-state index is 10.7. The summed E-state index contributed by atoms with van der Waals surface area (Å²) in [5.74, 6) is -1.72. The van der Waals surface area contributed by atoms with Gasteiger partial charge in [0.15, 0.2) is 0 Å². The lowest BCUT2D eigenvalue weighted by Crippen LogP contribution is -2.65. The number of aliphatic hydroxyl groups excluding tert-OH is 4. The summed E-state index contributed by atoms with van der Waals surface area (Å²) in [6.07, 6.45) is -4.11. The highest BCUT2D eigenvalue weighted by Crippen LogP contribution is 2.49. The summed E-state index contributed by atoms with van der Waals surface area (Å²) in [5.41, 5.74) is 2.39. The molecule has 2 fully saturated rings. The van der Waals surface area contributed by atoms with E-state index in [2.05, 4.69) is 5.16 Å². The number of fused-ring (bicyclic) bond motifs is 2. The zero-order valence-corrected chi connectivity index (χ0v) is 19.2. The highest BCUT2D eigenvalue weighted by atomic mass is 35.5. The quantitative estimate of drug-likeness (QED) is 0.354. The number of hydrogen-bond acceptors (Lipinski definition) is 8. The van der Waals surface area contributed by atoms with Crippen molar-refractivity contribution in [3.63, 3.8) is 0 Å². The van der Waals surface area contributed by atoms with Crippen molar-refractivity contribution in [1.82, 2.24) is 0 Å². The Morgan fingerprint density at radius 2 is 1.88 bits per heavy atom. The molecule has 2 aromatic rings. The Morgan fingerprint density at radius 3 is 2.55 bits per heavy atom. The number of hydrogen-bond donors (Lipinski definition) is 4. The van der Waals surface area contributed by atoms with Crippen molar-refractivity contribution >= 4 is 17.3 Å². The lowest BCUT2D eigenvalue weighted by atomic mass is 9.83. The zero-order chi connectivity index (χ0) is 23.8. The van der Waals surface area contributed by atoms with E-state index in [1.54, 1.807) is 18.2 Å². The van der Waals surface area contributed by atoms with E-state index in [1.165, 1.54) is 0 Å². The van der Waals surface area contributed by atoms with Crippen LogP contribution < -0.4 is 0 Å². The fourth-order valence-corrected chi connectivity index (χ4v) is 4.48. The van der Waals surface area contributed by atoms with Gasteiger partial charge in [0.05, 0.1) is 18.9 Å². The molecule has 5 atom stereocenters. The van der Waals surface area contributed by atoms with Crippen molar-refractivity contribution in [3.05, 3.63) is 69.7 Å². The maximum absolute atomic E-state index is 10.7. The van der Waals surface area contributed by atoms with Gasteiger partial charge < -0.3 is 34.7 Å². The fourth-order valence-electron chi connectivity index (χ4n) is 4.30. The molecule has 4 rings (SSSR count). The predicted molar refractivity (Wildman–Crippen MR) is 121 cm³/mol. The van der Waals surface area contributed by atoms with Gasteiger partial charge in [-0.25, -0.2) is 0 Å². The topological polar surface area (TPSA) is 121 Å². The van der Waals surface area contributed by atoms with Gasteiger partial charge in [-0.05, 0) is 49.1 Å². The Kier molecular flexibility index (Phi) is 6.80. The molecule has 9 heteroatoms. The van der Waals surface area contributed by atoms with Gasteiger partial charge in [-0.15, -0.1) is 0 Å². The molecular weight excluding hydrogens is 450 g/mol. The standard InChI is InChI=1S/C24H28ClNO7/c1-3-32-26-14(2)16-6-4-15(5-7-16)10-17-11-18(8-9-19(17)25)24-22(30)20(28)21(29)23(12-27,33-24)13-31-24/h4-9,11,20-22,27-30H,3,10,12-13H2,1-2H3/b26-14+/t20-,21-,22+,23-,24-/m0/s1. The zero-order valence-electron chi connectivity index (χ0n) is 18.4. The number of ether oxygens (including phenoxy) is 2. The monoisotopic (exact) mass is 477 g/mol. The first-order valence-corrected chi connectivity index (χ1v) is 11.2. The number of oxime groups is 1. The molecule has 2 heterocycles. The first kappa shape index (κ1) is 24.1. The third-order valence-corrected chi connectivity index (χ3v) is 6.64. The van der Waals surface area contributed by atoms with E-state index in [1.807, 2.05) is 38.1 Å². The summed E-state index contributed by atoms with van der Waals surface area (Å²) < 4.78 is 11.7. The number of benzene rings is 2. The molecule has 0 aromatic heterocycles. The van der Waals surface area contributed by atoms with Crippen molar-refractivity contribution in [2.75, 3.05) is 19.8 Å². The Bertz CT molecular complexity index is 1030. The van der Waals surface area contributed by atoms with Crippen LogP contribution >= 0.6 is 11.6 Å². The van der Waals surface area contributed by atoms with Crippen molar-refractivity contribution in [2.45, 2.75) is 50.0 Å². The van der Waals surface area contributed by atoms with Crippen LogP contribution in [0.5, 0.6) is 0 Å². The Balaban J connectivity index is 1.61. The Hall–Kier alpha value is -2.04. The van der Waals surface area contributed by atoms with Crippen LogP contribution in [0.3, 0.4) is 0 Å². The van der Waals surface area contributed by atoms with Gasteiger partial charge in [0.1, 0.15) is 30.5 Å². The molecule has 178 valence electrons. The fraction of sp³-hybridized carbons (Fsp3) is 0.458. The summed E-state index contributed by atoms with van der Waals surface area (Å²) in [6.45, 7) is 3.50. The summed E-state index contributed by atoms with van der Waals surface area (Å²) >= 11 is 6.46. The van der Waals surface area contributed by atoms with Gasteiger partial charge >= 0.3 is 0 Å². The molecule has 8 nitrogen and oxygen atoms in total. The normalized spacial score (nSPS) is 31.6. The SMILES string of the molecule is CCO/N=C(\C)c1ccc(Cc2cc([C@]34OC[C@](CO)(O3)[C@@H](O)[C@H](O)[C@H]4O)ccc2Cl)cc1. The molecule has 2 aliphatic heterocycles. The van der Waals surface area contributed by atoms with Crippen LogP contribution in [0.2, 0.25) is 5.02 Å². The highest BCUT2D eigenvalue weighted by Gasteiger charge is 2.67. The molecule has 0 amide bonds. The average Bonchev–Trinajstić information content (AvgIpc) is 3.22. The summed E-state index contributed by atoms with van der Waals surface area (Å²) in [5, 5.41) is 45.9. The van der Waals surface area contributed by atoms with Crippen molar-refractivity contribution in [3.8, 4) is 0 Å². The number of rotatable bonds is 7. The molecule has 0 radical (unpaired) electrons. The maximum Gasteiger partial charge on any atom is 0.225 e. The van der Waals surface area contributed by atoms with Crippen molar-refractivity contribution < 1.29 is 34.7 Å². The minimum Gasteiger partial charge on any atom is -0.396 e. The van der Waals surface area contributed by atoms with Crippen LogP contribution in [0.25, 0.3) is 0 Å². The molecule has 2 aliphatic rings. The molecule has 0 saturated carbocycles. The summed E-state index contributed by atoms with van der Waals surface area (Å²) in [7, 11) is 0. The molecule has 4 N–H and O–H groups in total. The third kappa shape index (κ3) is 4.17. The number of nitrogens with zero attached hydrogens (tertiary/aromatic N) is 1. The van der Waals surface area contributed by atoms with Crippen LogP contribution in [0.15, 0.2) is 47.6 Å². The smallest absolute Gasteiger partial charge is 0.225 e. The highest BCUT2D eigenvalue weighted by molar-refractivity contribution is 6.31. The molecular formula is C24H28ClNO7. The molecule has 2 saturated heterocycles. The Labute approximate surface area is 197 Å². The lowest BCUT2D eigenvalue weighted by molar-refractivity contribution is -0.329. The molecule has 33 heavy (non-hydrogen) atoms. The van der Waals surface area contributed by atoms with Crippen LogP contribution in [0.4, 0.5) is 0 Å². The van der Waals surface area contributed by atoms with E-state index in [-0.39, 0.29) is 6.61 Å². The number of halogens is 1. The van der Waals surface area contributed by atoms with Crippen LogP contribution in [-0.4, -0.2) is 69.9 Å². The van der Waals surface area contributed by atoms with E-state index in [0.717, 1.165) is 22.4 Å². The second-order valence-corrected chi connectivity index (χ2v) is 8.84. The minimum absolute atomic E-state index is 0.180. The average molecular weight is 478 g/mol. The largest absolute Gasteiger partial charge is 0.396 e. The first-order chi connectivity index (χ1) is 15.8.